The van der Waals surface area contributed by atoms with E-state index >= 15 is 0 Å². The number of ketones is 1. The van der Waals surface area contributed by atoms with E-state index in [9.17, 15) is 14.4 Å². The van der Waals surface area contributed by atoms with Crippen LogP contribution in [-0.2, 0) is 21.6 Å². The third-order valence-corrected chi connectivity index (χ3v) is 5.71. The monoisotopic (exact) mass is 443 g/mol. The van der Waals surface area contributed by atoms with E-state index in [4.69, 9.17) is 9.47 Å². The second kappa shape index (κ2) is 8.90. The van der Waals surface area contributed by atoms with Crippen LogP contribution < -0.4 is 10.1 Å². The zero-order chi connectivity index (χ0) is 23.6. The second-order valence-corrected chi connectivity index (χ2v) is 8.27. The molecule has 4 rings (SSSR count). The smallest absolute Gasteiger partial charge is 0.415 e. The number of nitrogens with one attached hydrogen (secondary N) is 1. The number of rotatable bonds is 7. The molecule has 3 aromatic carbocycles. The molecule has 3 aromatic rings. The Bertz CT molecular complexity index is 1230. The van der Waals surface area contributed by atoms with Gasteiger partial charge in [0.15, 0.2) is 5.78 Å². The molecule has 2 amide bonds. The molecule has 1 N–H and O–H groups in total. The van der Waals surface area contributed by atoms with Gasteiger partial charge < -0.3 is 9.47 Å². The number of alkyl carbamates (subject to hydrolysis) is 1. The van der Waals surface area contributed by atoms with Gasteiger partial charge in [0.05, 0.1) is 0 Å². The van der Waals surface area contributed by atoms with Crippen molar-refractivity contribution in [3.8, 4) is 11.5 Å². The Kier molecular flexibility index (Phi) is 6.01. The van der Waals surface area contributed by atoms with Crippen LogP contribution in [0.1, 0.15) is 52.9 Å². The summed E-state index contributed by atoms with van der Waals surface area (Å²) in [5.74, 6) is 0.574. The molecule has 1 aliphatic rings. The van der Waals surface area contributed by atoms with Gasteiger partial charge in [0.2, 0.25) is 5.60 Å². The molecule has 1 atom stereocenters. The first-order valence-electron chi connectivity index (χ1n) is 10.9. The van der Waals surface area contributed by atoms with Crippen molar-refractivity contribution < 1.29 is 23.9 Å². The van der Waals surface area contributed by atoms with Crippen LogP contribution in [0, 0.1) is 6.92 Å². The quantitative estimate of drug-likeness (QED) is 0.491. The third kappa shape index (κ3) is 4.51. The fourth-order valence-corrected chi connectivity index (χ4v) is 3.80. The standard InChI is InChI=1S/C27H25NO5/c1-4-6-19-15-20(24(29)18-11-9-17(2)10-12-18)13-14-23(19)32-22-8-5-7-21(16-22)27(3)25(30)28-26(31)33-27/h5,7-16H,4,6H2,1-3H3,(H,28,30,31)/t27-/m1/s1. The summed E-state index contributed by atoms with van der Waals surface area (Å²) in [7, 11) is 0. The molecule has 1 fully saturated rings. The molecule has 168 valence electrons. The molecule has 6 heteroatoms. The van der Waals surface area contributed by atoms with E-state index in [1.807, 2.05) is 37.3 Å². The van der Waals surface area contributed by atoms with E-state index in [0.29, 0.717) is 28.2 Å². The van der Waals surface area contributed by atoms with Gasteiger partial charge in [-0.1, -0.05) is 55.3 Å². The lowest BCUT2D eigenvalue weighted by Crippen LogP contribution is -2.33. The Morgan fingerprint density at radius 3 is 2.39 bits per heavy atom. The Labute approximate surface area is 192 Å². The summed E-state index contributed by atoms with van der Waals surface area (Å²) < 4.78 is 11.4. The van der Waals surface area contributed by atoms with Gasteiger partial charge >= 0.3 is 6.09 Å². The zero-order valence-corrected chi connectivity index (χ0v) is 18.8. The fourth-order valence-electron chi connectivity index (χ4n) is 3.80. The van der Waals surface area contributed by atoms with Crippen LogP contribution >= 0.6 is 0 Å². The molecule has 0 spiro atoms. The molecule has 0 saturated carbocycles. The van der Waals surface area contributed by atoms with Crippen molar-refractivity contribution in [3.63, 3.8) is 0 Å². The predicted molar refractivity (Wildman–Crippen MR) is 124 cm³/mol. The van der Waals surface area contributed by atoms with Crippen molar-refractivity contribution in [1.82, 2.24) is 5.32 Å². The van der Waals surface area contributed by atoms with Gasteiger partial charge in [0, 0.05) is 16.7 Å². The number of benzene rings is 3. The highest BCUT2D eigenvalue weighted by Crippen LogP contribution is 2.34. The average molecular weight is 443 g/mol. The summed E-state index contributed by atoms with van der Waals surface area (Å²) in [4.78, 5) is 36.7. The van der Waals surface area contributed by atoms with Crippen molar-refractivity contribution >= 4 is 17.8 Å². The van der Waals surface area contributed by atoms with Gasteiger partial charge in [-0.15, -0.1) is 0 Å². The highest BCUT2D eigenvalue weighted by molar-refractivity contribution is 6.09. The van der Waals surface area contributed by atoms with Crippen LogP contribution in [0.25, 0.3) is 0 Å². The Morgan fingerprint density at radius 1 is 1.00 bits per heavy atom. The van der Waals surface area contributed by atoms with Crippen molar-refractivity contribution in [3.05, 3.63) is 94.5 Å². The Hall–Kier alpha value is -3.93. The molecule has 0 aromatic heterocycles. The van der Waals surface area contributed by atoms with Crippen LogP contribution in [0.4, 0.5) is 4.79 Å². The lowest BCUT2D eigenvalue weighted by Gasteiger charge is -2.20. The van der Waals surface area contributed by atoms with Crippen LogP contribution in [0.15, 0.2) is 66.7 Å². The highest BCUT2D eigenvalue weighted by atomic mass is 16.6. The van der Waals surface area contributed by atoms with E-state index in [1.54, 1.807) is 43.3 Å². The maximum atomic E-state index is 12.9. The van der Waals surface area contributed by atoms with E-state index in [2.05, 4.69) is 12.2 Å². The number of ether oxygens (including phenoxy) is 2. The number of amides is 2. The number of hydrogen-bond donors (Lipinski definition) is 1. The summed E-state index contributed by atoms with van der Waals surface area (Å²) in [5, 5.41) is 2.16. The molecule has 1 saturated heterocycles. The topological polar surface area (TPSA) is 81.7 Å². The predicted octanol–water partition coefficient (Wildman–Crippen LogP) is 5.45. The average Bonchev–Trinajstić information content (AvgIpc) is 3.07. The molecule has 33 heavy (non-hydrogen) atoms. The van der Waals surface area contributed by atoms with Gasteiger partial charge in [-0.2, -0.15) is 0 Å². The molecule has 6 nitrogen and oxygen atoms in total. The van der Waals surface area contributed by atoms with Crippen molar-refractivity contribution in [2.45, 2.75) is 39.2 Å². The normalized spacial score (nSPS) is 17.4. The van der Waals surface area contributed by atoms with E-state index < -0.39 is 17.6 Å². The fraction of sp³-hybridized carbons (Fsp3) is 0.222. The molecule has 1 heterocycles. The van der Waals surface area contributed by atoms with Gasteiger partial charge in [-0.25, -0.2) is 4.79 Å². The SMILES string of the molecule is CCCc1cc(C(=O)c2ccc(C)cc2)ccc1Oc1cccc([C@@]2(C)OC(=O)NC2=O)c1. The number of aryl methyl sites for hydroxylation is 2. The summed E-state index contributed by atoms with van der Waals surface area (Å²) >= 11 is 0. The van der Waals surface area contributed by atoms with E-state index in [1.165, 1.54) is 0 Å². The minimum Gasteiger partial charge on any atom is -0.457 e. The molecular weight excluding hydrogens is 418 g/mol. The van der Waals surface area contributed by atoms with Gasteiger partial charge in [0.1, 0.15) is 11.5 Å². The number of cyclic esters (lactones) is 1. The minimum atomic E-state index is -1.41. The summed E-state index contributed by atoms with van der Waals surface area (Å²) in [6.45, 7) is 5.59. The van der Waals surface area contributed by atoms with Crippen molar-refractivity contribution in [2.75, 3.05) is 0 Å². The maximum absolute atomic E-state index is 12.9. The summed E-state index contributed by atoms with van der Waals surface area (Å²) in [5.41, 5.74) is 2.35. The third-order valence-electron chi connectivity index (χ3n) is 5.71. The number of carbonyl (C=O) groups excluding carboxylic acids is 3. The Morgan fingerprint density at radius 2 is 1.73 bits per heavy atom. The molecule has 0 bridgehead atoms. The zero-order valence-electron chi connectivity index (χ0n) is 18.8. The second-order valence-electron chi connectivity index (χ2n) is 8.27. The lowest BCUT2D eigenvalue weighted by atomic mass is 9.95. The molecule has 0 aliphatic carbocycles. The van der Waals surface area contributed by atoms with E-state index in [0.717, 1.165) is 24.0 Å². The van der Waals surface area contributed by atoms with Crippen LogP contribution in [0.3, 0.4) is 0 Å². The molecular formula is C27H25NO5. The Balaban J connectivity index is 1.62. The molecule has 1 aliphatic heterocycles. The first-order valence-corrected chi connectivity index (χ1v) is 10.9. The van der Waals surface area contributed by atoms with E-state index in [-0.39, 0.29) is 5.78 Å². The lowest BCUT2D eigenvalue weighted by molar-refractivity contribution is -0.130. The van der Waals surface area contributed by atoms with Crippen molar-refractivity contribution in [1.29, 1.82) is 0 Å². The summed E-state index contributed by atoms with van der Waals surface area (Å²) in [6.07, 6.45) is 0.849. The van der Waals surface area contributed by atoms with Gasteiger partial charge in [-0.3, -0.25) is 14.9 Å². The summed E-state index contributed by atoms with van der Waals surface area (Å²) in [6, 6.07) is 19.8. The number of hydrogen-bond acceptors (Lipinski definition) is 5. The molecule has 0 unspecified atom stereocenters. The van der Waals surface area contributed by atoms with Crippen LogP contribution in [0.2, 0.25) is 0 Å². The molecule has 0 radical (unpaired) electrons. The van der Waals surface area contributed by atoms with Gasteiger partial charge in [-0.05, 0) is 56.2 Å². The highest BCUT2D eigenvalue weighted by Gasteiger charge is 2.46. The minimum absolute atomic E-state index is 0.0390. The first kappa shape index (κ1) is 22.3. The van der Waals surface area contributed by atoms with Gasteiger partial charge in [0.25, 0.3) is 5.91 Å². The maximum Gasteiger partial charge on any atom is 0.415 e. The van der Waals surface area contributed by atoms with Crippen molar-refractivity contribution in [2.24, 2.45) is 0 Å². The van der Waals surface area contributed by atoms with Crippen LogP contribution in [-0.4, -0.2) is 17.8 Å². The van der Waals surface area contributed by atoms with Crippen LogP contribution in [0.5, 0.6) is 11.5 Å². The number of imide groups is 1. The largest absolute Gasteiger partial charge is 0.457 e. The number of carbonyl (C=O) groups is 3. The first-order chi connectivity index (χ1) is 15.8.